The summed E-state index contributed by atoms with van der Waals surface area (Å²) in [6, 6.07) is 25.0. The smallest absolute Gasteiger partial charge is 0.345 e. The summed E-state index contributed by atoms with van der Waals surface area (Å²) in [5.41, 5.74) is 4.14. The monoisotopic (exact) mass is 476 g/mol. The second kappa shape index (κ2) is 10.3. The fourth-order valence-corrected chi connectivity index (χ4v) is 3.78. The molecule has 4 aromatic carbocycles. The first kappa shape index (κ1) is 22.5. The van der Waals surface area contributed by atoms with Crippen molar-refractivity contribution in [3.63, 3.8) is 0 Å². The van der Waals surface area contributed by atoms with Gasteiger partial charge in [-0.05, 0) is 40.6 Å². The highest BCUT2D eigenvalue weighted by Crippen LogP contribution is 2.29. The lowest BCUT2D eigenvalue weighted by atomic mass is 10.0. The standard InChI is InChI=1S/C26H18Cl2N2O3/c27-19-11-12-21(23(28)15-19)26(32)33-24-13-10-18-8-4-5-9-20(18)22(24)16-29-30-25(31)14-17-6-2-1-3-7-17/h1-13,15-16H,14H2,(H,30,31). The molecule has 4 aromatic rings. The van der Waals surface area contributed by atoms with E-state index in [4.69, 9.17) is 27.9 Å². The Morgan fingerprint density at radius 3 is 2.45 bits per heavy atom. The lowest BCUT2D eigenvalue weighted by Gasteiger charge is -2.11. The summed E-state index contributed by atoms with van der Waals surface area (Å²) in [6.07, 6.45) is 1.67. The van der Waals surface area contributed by atoms with Crippen LogP contribution in [0.25, 0.3) is 10.8 Å². The molecule has 5 nitrogen and oxygen atoms in total. The third-order valence-corrected chi connectivity index (χ3v) is 5.42. The van der Waals surface area contributed by atoms with Gasteiger partial charge >= 0.3 is 5.97 Å². The maximum atomic E-state index is 12.8. The van der Waals surface area contributed by atoms with Crippen LogP contribution >= 0.6 is 23.2 Å². The molecule has 1 N–H and O–H groups in total. The summed E-state index contributed by atoms with van der Waals surface area (Å²) in [5.74, 6) is -0.607. The number of nitrogens with one attached hydrogen (secondary N) is 1. The first-order chi connectivity index (χ1) is 16.0. The number of hydrazone groups is 1. The van der Waals surface area contributed by atoms with Crippen LogP contribution in [0.3, 0.4) is 0 Å². The van der Waals surface area contributed by atoms with Crippen molar-refractivity contribution < 1.29 is 14.3 Å². The molecule has 0 atom stereocenters. The zero-order valence-electron chi connectivity index (χ0n) is 17.3. The van der Waals surface area contributed by atoms with Crippen molar-refractivity contribution in [2.45, 2.75) is 6.42 Å². The van der Waals surface area contributed by atoms with Crippen molar-refractivity contribution >= 4 is 52.1 Å². The minimum atomic E-state index is -0.630. The highest BCUT2D eigenvalue weighted by molar-refractivity contribution is 6.36. The lowest BCUT2D eigenvalue weighted by Crippen LogP contribution is -2.19. The molecule has 1 amide bonds. The molecule has 0 radical (unpaired) electrons. The van der Waals surface area contributed by atoms with Gasteiger partial charge in [0.15, 0.2) is 0 Å². The van der Waals surface area contributed by atoms with Crippen LogP contribution in [0.1, 0.15) is 21.5 Å². The first-order valence-corrected chi connectivity index (χ1v) is 10.8. The summed E-state index contributed by atoms with van der Waals surface area (Å²) in [7, 11) is 0. The summed E-state index contributed by atoms with van der Waals surface area (Å²) in [4.78, 5) is 25.0. The van der Waals surface area contributed by atoms with Crippen LogP contribution in [0.2, 0.25) is 10.0 Å². The number of esters is 1. The molecule has 0 aliphatic rings. The van der Waals surface area contributed by atoms with Gasteiger partial charge in [-0.1, -0.05) is 83.9 Å². The van der Waals surface area contributed by atoms with Gasteiger partial charge in [0.1, 0.15) is 5.75 Å². The number of hydrogen-bond donors (Lipinski definition) is 1. The van der Waals surface area contributed by atoms with E-state index in [0.29, 0.717) is 10.6 Å². The third-order valence-electron chi connectivity index (χ3n) is 4.87. The Hall–Kier alpha value is -3.67. The van der Waals surface area contributed by atoms with E-state index in [1.165, 1.54) is 18.3 Å². The van der Waals surface area contributed by atoms with Crippen molar-refractivity contribution in [3.8, 4) is 5.75 Å². The molecule has 0 saturated heterocycles. The van der Waals surface area contributed by atoms with E-state index in [2.05, 4.69) is 10.5 Å². The molecule has 0 aromatic heterocycles. The Balaban J connectivity index is 1.59. The summed E-state index contributed by atoms with van der Waals surface area (Å²) in [5, 5.41) is 6.45. The van der Waals surface area contributed by atoms with Crippen molar-refractivity contribution in [2.24, 2.45) is 5.10 Å². The molecule has 0 fully saturated rings. The highest BCUT2D eigenvalue weighted by atomic mass is 35.5. The van der Waals surface area contributed by atoms with Crippen molar-refractivity contribution in [1.29, 1.82) is 0 Å². The first-order valence-electron chi connectivity index (χ1n) is 10.1. The summed E-state index contributed by atoms with van der Waals surface area (Å²) in [6.45, 7) is 0. The van der Waals surface area contributed by atoms with Crippen molar-refractivity contribution in [3.05, 3.63) is 112 Å². The van der Waals surface area contributed by atoms with E-state index in [-0.39, 0.29) is 28.7 Å². The number of rotatable bonds is 6. The molecule has 0 aliphatic heterocycles. The zero-order valence-corrected chi connectivity index (χ0v) is 18.8. The van der Waals surface area contributed by atoms with Gasteiger partial charge in [0.2, 0.25) is 5.91 Å². The van der Waals surface area contributed by atoms with Gasteiger partial charge in [-0.3, -0.25) is 4.79 Å². The predicted octanol–water partition coefficient (Wildman–Crippen LogP) is 6.06. The van der Waals surface area contributed by atoms with Crippen LogP contribution in [0, 0.1) is 0 Å². The average molecular weight is 477 g/mol. The Kier molecular flexibility index (Phi) is 7.03. The molecule has 0 aliphatic carbocycles. The molecule has 7 heteroatoms. The molecule has 0 heterocycles. The molecule has 0 bridgehead atoms. The van der Waals surface area contributed by atoms with Crippen LogP contribution < -0.4 is 10.2 Å². The minimum absolute atomic E-state index is 0.188. The Bertz CT molecular complexity index is 1350. The molecule has 33 heavy (non-hydrogen) atoms. The molecule has 4 rings (SSSR count). The molecule has 0 saturated carbocycles. The normalized spacial score (nSPS) is 11.0. The van der Waals surface area contributed by atoms with Crippen LogP contribution in [0.4, 0.5) is 0 Å². The zero-order chi connectivity index (χ0) is 23.2. The number of amides is 1. The number of halogens is 2. The van der Waals surface area contributed by atoms with E-state index in [9.17, 15) is 9.59 Å². The fraction of sp³-hybridized carbons (Fsp3) is 0.0385. The number of carbonyl (C=O) groups is 2. The largest absolute Gasteiger partial charge is 0.422 e. The highest BCUT2D eigenvalue weighted by Gasteiger charge is 2.16. The number of nitrogens with zero attached hydrogens (tertiary/aromatic N) is 1. The topological polar surface area (TPSA) is 67.8 Å². The van der Waals surface area contributed by atoms with E-state index in [1.54, 1.807) is 12.1 Å². The van der Waals surface area contributed by atoms with Gasteiger partial charge in [-0.2, -0.15) is 5.10 Å². The SMILES string of the molecule is O=C(Cc1ccccc1)NN=Cc1c(OC(=O)c2ccc(Cl)cc2Cl)ccc2ccccc12. The van der Waals surface area contributed by atoms with Crippen LogP contribution in [-0.2, 0) is 11.2 Å². The van der Waals surface area contributed by atoms with Crippen LogP contribution in [0.15, 0.2) is 90.0 Å². The summed E-state index contributed by atoms with van der Waals surface area (Å²) >= 11 is 12.1. The van der Waals surface area contributed by atoms with E-state index in [0.717, 1.165) is 16.3 Å². The minimum Gasteiger partial charge on any atom is -0.422 e. The van der Waals surface area contributed by atoms with Gasteiger partial charge in [-0.25, -0.2) is 10.2 Å². The quantitative estimate of drug-likeness (QED) is 0.159. The number of fused-ring (bicyclic) bond motifs is 1. The van der Waals surface area contributed by atoms with Gasteiger partial charge in [0.25, 0.3) is 0 Å². The molecular weight excluding hydrogens is 459 g/mol. The second-order valence-corrected chi connectivity index (χ2v) is 8.01. The lowest BCUT2D eigenvalue weighted by molar-refractivity contribution is -0.120. The fourth-order valence-electron chi connectivity index (χ4n) is 3.30. The Morgan fingerprint density at radius 2 is 1.67 bits per heavy atom. The Morgan fingerprint density at radius 1 is 0.909 bits per heavy atom. The molecule has 0 spiro atoms. The molecule has 164 valence electrons. The van der Waals surface area contributed by atoms with Crippen LogP contribution in [-0.4, -0.2) is 18.1 Å². The number of ether oxygens (including phenoxy) is 1. The van der Waals surface area contributed by atoms with E-state index >= 15 is 0 Å². The number of hydrogen-bond acceptors (Lipinski definition) is 4. The average Bonchev–Trinajstić information content (AvgIpc) is 2.80. The molecule has 0 unspecified atom stereocenters. The predicted molar refractivity (Wildman–Crippen MR) is 131 cm³/mol. The maximum Gasteiger partial charge on any atom is 0.345 e. The Labute approximate surface area is 200 Å². The maximum absolute atomic E-state index is 12.8. The van der Waals surface area contributed by atoms with Gasteiger partial charge in [0.05, 0.1) is 23.2 Å². The summed E-state index contributed by atoms with van der Waals surface area (Å²) < 4.78 is 5.64. The van der Waals surface area contributed by atoms with Crippen molar-refractivity contribution in [1.82, 2.24) is 5.43 Å². The van der Waals surface area contributed by atoms with E-state index in [1.807, 2.05) is 60.7 Å². The van der Waals surface area contributed by atoms with Gasteiger partial charge < -0.3 is 4.74 Å². The van der Waals surface area contributed by atoms with Crippen LogP contribution in [0.5, 0.6) is 5.75 Å². The van der Waals surface area contributed by atoms with E-state index < -0.39 is 5.97 Å². The number of carbonyl (C=O) groups excluding carboxylic acids is 2. The van der Waals surface area contributed by atoms with Crippen molar-refractivity contribution in [2.75, 3.05) is 0 Å². The van der Waals surface area contributed by atoms with Gasteiger partial charge in [0, 0.05) is 10.6 Å². The number of benzene rings is 4. The molecular formula is C26H18Cl2N2O3. The van der Waals surface area contributed by atoms with Gasteiger partial charge in [-0.15, -0.1) is 0 Å². The second-order valence-electron chi connectivity index (χ2n) is 7.17. The third kappa shape index (κ3) is 5.58.